The second-order valence-corrected chi connectivity index (χ2v) is 6.48. The van der Waals surface area contributed by atoms with Crippen molar-refractivity contribution in [3.63, 3.8) is 0 Å². The average molecular weight is 354 g/mol. The van der Waals surface area contributed by atoms with Crippen molar-refractivity contribution in [1.82, 2.24) is 5.32 Å². The third-order valence-electron chi connectivity index (χ3n) is 4.17. The summed E-state index contributed by atoms with van der Waals surface area (Å²) in [5.74, 6) is 0.192. The number of hydrogen-bond donors (Lipinski definition) is 3. The highest BCUT2D eigenvalue weighted by Crippen LogP contribution is 2.25. The summed E-state index contributed by atoms with van der Waals surface area (Å²) in [6.07, 6.45) is 5.81. The minimum atomic E-state index is -0.142. The lowest BCUT2D eigenvalue weighted by molar-refractivity contribution is -0.122. The van der Waals surface area contributed by atoms with Crippen LogP contribution in [0.1, 0.15) is 51.0 Å². The van der Waals surface area contributed by atoms with Gasteiger partial charge in [-0.2, -0.15) is 0 Å². The molecule has 0 heterocycles. The molecule has 24 heavy (non-hydrogen) atoms. The number of anilines is 1. The van der Waals surface area contributed by atoms with Gasteiger partial charge in [0.25, 0.3) is 0 Å². The van der Waals surface area contributed by atoms with Crippen molar-refractivity contribution >= 4 is 29.9 Å². The van der Waals surface area contributed by atoms with E-state index in [2.05, 4.69) is 10.6 Å². The van der Waals surface area contributed by atoms with Crippen LogP contribution in [-0.4, -0.2) is 17.9 Å². The number of halogens is 1. The van der Waals surface area contributed by atoms with Gasteiger partial charge in [-0.1, -0.05) is 31.4 Å². The van der Waals surface area contributed by atoms with Gasteiger partial charge in [-0.3, -0.25) is 9.59 Å². The quantitative estimate of drug-likeness (QED) is 0.735. The van der Waals surface area contributed by atoms with Gasteiger partial charge in [0.05, 0.1) is 0 Å². The summed E-state index contributed by atoms with van der Waals surface area (Å²) in [5.41, 5.74) is 7.36. The Labute approximate surface area is 150 Å². The standard InChI is InChI=1S/C18H27N3O2.ClH/c1-13(19)10-17(22)20-12-14-6-5-9-16(11-14)21-18(23)15-7-3-2-4-8-15;/h5-6,9,11,13,15H,2-4,7-8,10,12,19H2,1H3,(H,20,22)(H,21,23);1H. The van der Waals surface area contributed by atoms with Crippen molar-refractivity contribution in [2.75, 3.05) is 5.32 Å². The second kappa shape index (κ2) is 10.3. The number of carbonyl (C=O) groups is 2. The fourth-order valence-electron chi connectivity index (χ4n) is 2.93. The summed E-state index contributed by atoms with van der Waals surface area (Å²) in [4.78, 5) is 23.9. The number of nitrogens with one attached hydrogen (secondary N) is 2. The monoisotopic (exact) mass is 353 g/mol. The zero-order valence-electron chi connectivity index (χ0n) is 14.2. The predicted molar refractivity (Wildman–Crippen MR) is 99.0 cm³/mol. The molecule has 6 heteroatoms. The molecule has 1 atom stereocenters. The van der Waals surface area contributed by atoms with Crippen molar-refractivity contribution < 1.29 is 9.59 Å². The Kier molecular flexibility index (Phi) is 8.79. The SMILES string of the molecule is CC(N)CC(=O)NCc1cccc(NC(=O)C2CCCCC2)c1.Cl. The van der Waals surface area contributed by atoms with E-state index in [0.29, 0.717) is 13.0 Å². The lowest BCUT2D eigenvalue weighted by atomic mass is 9.88. The maximum atomic E-state index is 12.3. The molecule has 2 rings (SSSR count). The Morgan fingerprint density at radius 2 is 1.96 bits per heavy atom. The van der Waals surface area contributed by atoms with Gasteiger partial charge in [0.2, 0.25) is 11.8 Å². The van der Waals surface area contributed by atoms with E-state index in [1.807, 2.05) is 24.3 Å². The fourth-order valence-corrected chi connectivity index (χ4v) is 2.93. The maximum Gasteiger partial charge on any atom is 0.227 e. The second-order valence-electron chi connectivity index (χ2n) is 6.48. The maximum absolute atomic E-state index is 12.3. The van der Waals surface area contributed by atoms with E-state index < -0.39 is 0 Å². The zero-order valence-corrected chi connectivity index (χ0v) is 15.0. The minimum absolute atomic E-state index is 0. The molecule has 1 aliphatic rings. The van der Waals surface area contributed by atoms with Crippen molar-refractivity contribution in [3.05, 3.63) is 29.8 Å². The summed E-state index contributed by atoms with van der Waals surface area (Å²) < 4.78 is 0. The molecule has 0 saturated heterocycles. The van der Waals surface area contributed by atoms with Crippen molar-refractivity contribution in [2.24, 2.45) is 11.7 Å². The normalized spacial score (nSPS) is 15.9. The molecule has 134 valence electrons. The van der Waals surface area contributed by atoms with Gasteiger partial charge in [0.1, 0.15) is 0 Å². The molecule has 5 nitrogen and oxygen atoms in total. The number of amides is 2. The Bertz CT molecular complexity index is 543. The molecule has 0 aliphatic heterocycles. The molecular weight excluding hydrogens is 326 g/mol. The van der Waals surface area contributed by atoms with Crippen molar-refractivity contribution in [1.29, 1.82) is 0 Å². The van der Waals surface area contributed by atoms with Crippen LogP contribution in [0, 0.1) is 5.92 Å². The van der Waals surface area contributed by atoms with Crippen LogP contribution in [0.25, 0.3) is 0 Å². The minimum Gasteiger partial charge on any atom is -0.352 e. The molecule has 0 aromatic heterocycles. The van der Waals surface area contributed by atoms with Gasteiger partial charge in [-0.15, -0.1) is 12.4 Å². The topological polar surface area (TPSA) is 84.2 Å². The van der Waals surface area contributed by atoms with Crippen molar-refractivity contribution in [2.45, 2.75) is 58.0 Å². The van der Waals surface area contributed by atoms with Gasteiger partial charge in [-0.25, -0.2) is 0 Å². The molecule has 1 aromatic carbocycles. The van der Waals surface area contributed by atoms with Crippen LogP contribution in [0.4, 0.5) is 5.69 Å². The highest BCUT2D eigenvalue weighted by atomic mass is 35.5. The third kappa shape index (κ3) is 6.89. The lowest BCUT2D eigenvalue weighted by Gasteiger charge is -2.20. The molecule has 0 spiro atoms. The number of rotatable bonds is 6. The van der Waals surface area contributed by atoms with Gasteiger partial charge >= 0.3 is 0 Å². The number of carbonyl (C=O) groups excluding carboxylic acids is 2. The molecule has 0 bridgehead atoms. The first-order valence-corrected chi connectivity index (χ1v) is 8.46. The van der Waals surface area contributed by atoms with E-state index in [0.717, 1.165) is 36.9 Å². The van der Waals surface area contributed by atoms with E-state index in [1.54, 1.807) is 6.92 Å². The molecule has 1 fully saturated rings. The fraction of sp³-hybridized carbons (Fsp3) is 0.556. The summed E-state index contributed by atoms with van der Waals surface area (Å²) in [6.45, 7) is 2.25. The molecule has 1 aliphatic carbocycles. The van der Waals surface area contributed by atoms with Crippen LogP contribution in [-0.2, 0) is 16.1 Å². The number of benzene rings is 1. The molecule has 1 saturated carbocycles. The Balaban J connectivity index is 0.00000288. The Morgan fingerprint density at radius 1 is 1.25 bits per heavy atom. The summed E-state index contributed by atoms with van der Waals surface area (Å²) in [5, 5.41) is 5.84. The summed E-state index contributed by atoms with van der Waals surface area (Å²) in [6, 6.07) is 7.48. The van der Waals surface area contributed by atoms with E-state index >= 15 is 0 Å². The van der Waals surface area contributed by atoms with Crippen LogP contribution >= 0.6 is 12.4 Å². The molecular formula is C18H28ClN3O2. The third-order valence-corrected chi connectivity index (χ3v) is 4.17. The Morgan fingerprint density at radius 3 is 2.62 bits per heavy atom. The van der Waals surface area contributed by atoms with E-state index in [1.165, 1.54) is 6.42 Å². The first-order chi connectivity index (χ1) is 11.0. The van der Waals surface area contributed by atoms with Crippen LogP contribution in [0.2, 0.25) is 0 Å². The highest BCUT2D eigenvalue weighted by Gasteiger charge is 2.21. The average Bonchev–Trinajstić information content (AvgIpc) is 2.53. The first kappa shape index (κ1) is 20.5. The Hall–Kier alpha value is -1.59. The number of hydrogen-bond acceptors (Lipinski definition) is 3. The highest BCUT2D eigenvalue weighted by molar-refractivity contribution is 5.92. The van der Waals surface area contributed by atoms with Crippen LogP contribution < -0.4 is 16.4 Å². The van der Waals surface area contributed by atoms with E-state index in [4.69, 9.17) is 5.73 Å². The lowest BCUT2D eigenvalue weighted by Crippen LogP contribution is -2.29. The molecule has 4 N–H and O–H groups in total. The van der Waals surface area contributed by atoms with Gasteiger partial charge < -0.3 is 16.4 Å². The van der Waals surface area contributed by atoms with E-state index in [-0.39, 0.29) is 36.2 Å². The molecule has 2 amide bonds. The van der Waals surface area contributed by atoms with Crippen LogP contribution in [0.15, 0.2) is 24.3 Å². The van der Waals surface area contributed by atoms with Crippen molar-refractivity contribution in [3.8, 4) is 0 Å². The smallest absolute Gasteiger partial charge is 0.227 e. The first-order valence-electron chi connectivity index (χ1n) is 8.46. The summed E-state index contributed by atoms with van der Waals surface area (Å²) >= 11 is 0. The molecule has 1 aromatic rings. The largest absolute Gasteiger partial charge is 0.352 e. The predicted octanol–water partition coefficient (Wildman–Crippen LogP) is 2.98. The van der Waals surface area contributed by atoms with Gasteiger partial charge in [0, 0.05) is 30.6 Å². The van der Waals surface area contributed by atoms with Crippen LogP contribution in [0.5, 0.6) is 0 Å². The number of nitrogens with two attached hydrogens (primary N) is 1. The van der Waals surface area contributed by atoms with Gasteiger partial charge in [0.15, 0.2) is 0 Å². The van der Waals surface area contributed by atoms with Crippen LogP contribution in [0.3, 0.4) is 0 Å². The zero-order chi connectivity index (χ0) is 16.7. The van der Waals surface area contributed by atoms with Gasteiger partial charge in [-0.05, 0) is 37.5 Å². The molecule has 1 unspecified atom stereocenters. The van der Waals surface area contributed by atoms with E-state index in [9.17, 15) is 9.59 Å². The molecule has 0 radical (unpaired) electrons. The summed E-state index contributed by atoms with van der Waals surface area (Å²) in [7, 11) is 0.